The number of aromatic nitrogens is 2. The highest BCUT2D eigenvalue weighted by molar-refractivity contribution is 6.33. The van der Waals surface area contributed by atoms with E-state index in [1.165, 1.54) is 6.33 Å². The van der Waals surface area contributed by atoms with Crippen molar-refractivity contribution < 1.29 is 4.74 Å². The van der Waals surface area contributed by atoms with Gasteiger partial charge >= 0.3 is 0 Å². The lowest BCUT2D eigenvalue weighted by Crippen LogP contribution is -2.13. The van der Waals surface area contributed by atoms with Gasteiger partial charge in [0.2, 0.25) is 0 Å². The molecule has 0 aliphatic rings. The van der Waals surface area contributed by atoms with Gasteiger partial charge in [-0.15, -0.1) is 0 Å². The molecule has 0 radical (unpaired) electrons. The van der Waals surface area contributed by atoms with Gasteiger partial charge in [-0.2, -0.15) is 0 Å². The molecule has 0 aliphatic heterocycles. The van der Waals surface area contributed by atoms with E-state index in [2.05, 4.69) is 15.3 Å². The fourth-order valence-corrected chi connectivity index (χ4v) is 1.60. The van der Waals surface area contributed by atoms with Crippen LogP contribution in [0.1, 0.15) is 5.69 Å². The molecule has 1 heterocycles. The van der Waals surface area contributed by atoms with Crippen LogP contribution in [-0.4, -0.2) is 23.1 Å². The largest absolute Gasteiger partial charge is 0.492 e. The minimum absolute atomic E-state index is 0.545. The Kier molecular flexibility index (Phi) is 4.36. The van der Waals surface area contributed by atoms with E-state index in [-0.39, 0.29) is 0 Å². The van der Waals surface area contributed by atoms with Crippen molar-refractivity contribution in [3.05, 3.63) is 47.4 Å². The van der Waals surface area contributed by atoms with E-state index in [4.69, 9.17) is 16.3 Å². The SMILES string of the molecule is Cc1ncnc(NCCOc2ccccc2)c1Cl. The summed E-state index contributed by atoms with van der Waals surface area (Å²) in [5.41, 5.74) is 0.762. The third-order valence-electron chi connectivity index (χ3n) is 2.37. The first kappa shape index (κ1) is 12.6. The molecule has 4 nitrogen and oxygen atoms in total. The number of anilines is 1. The third-order valence-corrected chi connectivity index (χ3v) is 2.82. The molecular weight excluding hydrogens is 250 g/mol. The summed E-state index contributed by atoms with van der Waals surface area (Å²) in [5.74, 6) is 1.49. The maximum Gasteiger partial charge on any atom is 0.148 e. The number of nitrogens with one attached hydrogen (secondary N) is 1. The molecule has 2 aromatic rings. The van der Waals surface area contributed by atoms with Crippen LogP contribution in [0, 0.1) is 6.92 Å². The van der Waals surface area contributed by atoms with Crippen LogP contribution in [-0.2, 0) is 0 Å². The third kappa shape index (κ3) is 3.34. The van der Waals surface area contributed by atoms with Crippen LogP contribution in [0.5, 0.6) is 5.75 Å². The second-order valence-electron chi connectivity index (χ2n) is 3.71. The van der Waals surface area contributed by atoms with Gasteiger partial charge in [0.05, 0.1) is 12.2 Å². The van der Waals surface area contributed by atoms with Crippen molar-refractivity contribution in [1.82, 2.24) is 9.97 Å². The lowest BCUT2D eigenvalue weighted by molar-refractivity contribution is 0.333. The number of para-hydroxylation sites is 1. The quantitative estimate of drug-likeness (QED) is 0.843. The molecule has 0 fully saturated rings. The van der Waals surface area contributed by atoms with Crippen LogP contribution >= 0.6 is 11.6 Å². The van der Waals surface area contributed by atoms with E-state index in [0.29, 0.717) is 24.0 Å². The Morgan fingerprint density at radius 3 is 2.78 bits per heavy atom. The van der Waals surface area contributed by atoms with E-state index in [9.17, 15) is 0 Å². The molecule has 1 aromatic heterocycles. The van der Waals surface area contributed by atoms with Crippen molar-refractivity contribution in [2.24, 2.45) is 0 Å². The number of benzene rings is 1. The number of ether oxygens (including phenoxy) is 1. The fraction of sp³-hybridized carbons (Fsp3) is 0.231. The molecule has 0 atom stereocenters. The number of halogens is 1. The van der Waals surface area contributed by atoms with Gasteiger partial charge in [0.1, 0.15) is 29.5 Å². The molecule has 18 heavy (non-hydrogen) atoms. The van der Waals surface area contributed by atoms with Gasteiger partial charge in [0.25, 0.3) is 0 Å². The maximum atomic E-state index is 6.06. The highest BCUT2D eigenvalue weighted by Crippen LogP contribution is 2.20. The number of hydrogen-bond donors (Lipinski definition) is 1. The first-order valence-electron chi connectivity index (χ1n) is 5.66. The topological polar surface area (TPSA) is 47.0 Å². The minimum Gasteiger partial charge on any atom is -0.492 e. The van der Waals surface area contributed by atoms with Gasteiger partial charge in [0, 0.05) is 0 Å². The first-order valence-corrected chi connectivity index (χ1v) is 6.04. The Bertz CT molecular complexity index is 505. The summed E-state index contributed by atoms with van der Waals surface area (Å²) in [6.45, 7) is 3.02. The van der Waals surface area contributed by atoms with E-state index in [0.717, 1.165) is 11.4 Å². The Morgan fingerprint density at radius 2 is 2.00 bits per heavy atom. The Morgan fingerprint density at radius 1 is 1.22 bits per heavy atom. The highest BCUT2D eigenvalue weighted by Gasteiger charge is 2.04. The highest BCUT2D eigenvalue weighted by atomic mass is 35.5. The van der Waals surface area contributed by atoms with Crippen molar-refractivity contribution in [1.29, 1.82) is 0 Å². The predicted octanol–water partition coefficient (Wildman–Crippen LogP) is 2.93. The van der Waals surface area contributed by atoms with E-state index in [1.54, 1.807) is 0 Å². The van der Waals surface area contributed by atoms with E-state index >= 15 is 0 Å². The van der Waals surface area contributed by atoms with Crippen molar-refractivity contribution in [2.45, 2.75) is 6.92 Å². The zero-order chi connectivity index (χ0) is 12.8. The Labute approximate surface area is 111 Å². The maximum absolute atomic E-state index is 6.06. The molecule has 5 heteroatoms. The van der Waals surface area contributed by atoms with Gasteiger partial charge in [-0.25, -0.2) is 9.97 Å². The minimum atomic E-state index is 0.545. The predicted molar refractivity (Wildman–Crippen MR) is 72.2 cm³/mol. The lowest BCUT2D eigenvalue weighted by atomic mass is 10.3. The Hall–Kier alpha value is -1.81. The number of aryl methyl sites for hydroxylation is 1. The van der Waals surface area contributed by atoms with Gasteiger partial charge in [-0.3, -0.25) is 0 Å². The van der Waals surface area contributed by atoms with Crippen LogP contribution in [0.4, 0.5) is 5.82 Å². The van der Waals surface area contributed by atoms with Gasteiger partial charge in [-0.05, 0) is 19.1 Å². The van der Waals surface area contributed by atoms with Crippen LogP contribution < -0.4 is 10.1 Å². The number of hydrogen-bond acceptors (Lipinski definition) is 4. The zero-order valence-corrected chi connectivity index (χ0v) is 10.8. The van der Waals surface area contributed by atoms with Crippen LogP contribution in [0.25, 0.3) is 0 Å². The summed E-state index contributed by atoms with van der Waals surface area (Å²) >= 11 is 6.06. The van der Waals surface area contributed by atoms with Crippen LogP contribution in [0.3, 0.4) is 0 Å². The molecule has 0 amide bonds. The molecule has 0 aliphatic carbocycles. The van der Waals surface area contributed by atoms with Crippen LogP contribution in [0.2, 0.25) is 5.02 Å². The molecule has 0 spiro atoms. The molecule has 94 valence electrons. The lowest BCUT2D eigenvalue weighted by Gasteiger charge is -2.09. The number of rotatable bonds is 5. The smallest absolute Gasteiger partial charge is 0.148 e. The molecule has 2 rings (SSSR count). The zero-order valence-electron chi connectivity index (χ0n) is 10.1. The van der Waals surface area contributed by atoms with Gasteiger partial charge in [0.15, 0.2) is 0 Å². The fourth-order valence-electron chi connectivity index (χ4n) is 1.44. The summed E-state index contributed by atoms with van der Waals surface area (Å²) in [6.07, 6.45) is 1.49. The average Bonchev–Trinajstić information content (AvgIpc) is 2.40. The summed E-state index contributed by atoms with van der Waals surface area (Å²) < 4.78 is 5.55. The van der Waals surface area contributed by atoms with E-state index in [1.807, 2.05) is 37.3 Å². The van der Waals surface area contributed by atoms with Crippen molar-refractivity contribution in [3.8, 4) is 5.75 Å². The van der Waals surface area contributed by atoms with Crippen LogP contribution in [0.15, 0.2) is 36.7 Å². The summed E-state index contributed by atoms with van der Waals surface area (Å²) in [5, 5.41) is 3.67. The molecule has 0 saturated heterocycles. The van der Waals surface area contributed by atoms with Gasteiger partial charge < -0.3 is 10.1 Å². The summed E-state index contributed by atoms with van der Waals surface area (Å²) in [4.78, 5) is 8.07. The number of nitrogens with zero attached hydrogens (tertiary/aromatic N) is 2. The Balaban J connectivity index is 1.81. The molecular formula is C13H14ClN3O. The van der Waals surface area contributed by atoms with Crippen molar-refractivity contribution in [3.63, 3.8) is 0 Å². The molecule has 1 aromatic carbocycles. The monoisotopic (exact) mass is 263 g/mol. The van der Waals surface area contributed by atoms with Gasteiger partial charge in [-0.1, -0.05) is 29.8 Å². The summed E-state index contributed by atoms with van der Waals surface area (Å²) in [7, 11) is 0. The first-order chi connectivity index (χ1) is 8.77. The van der Waals surface area contributed by atoms with E-state index < -0.39 is 0 Å². The standard InChI is InChI=1S/C13H14ClN3O/c1-10-12(14)13(17-9-16-10)15-7-8-18-11-5-3-2-4-6-11/h2-6,9H,7-8H2,1H3,(H,15,16,17). The van der Waals surface area contributed by atoms with Crippen molar-refractivity contribution >= 4 is 17.4 Å². The molecule has 0 bridgehead atoms. The second-order valence-corrected chi connectivity index (χ2v) is 4.09. The molecule has 0 unspecified atom stereocenters. The summed E-state index contributed by atoms with van der Waals surface area (Å²) in [6, 6.07) is 9.67. The second kappa shape index (κ2) is 6.21. The molecule has 1 N–H and O–H groups in total. The molecule has 0 saturated carbocycles. The average molecular weight is 264 g/mol. The van der Waals surface area contributed by atoms with Crippen molar-refractivity contribution in [2.75, 3.05) is 18.5 Å². The normalized spacial score (nSPS) is 10.1.